The first-order valence-corrected chi connectivity index (χ1v) is 9.95. The number of urea groups is 1. The Morgan fingerprint density at radius 2 is 2.00 bits per heavy atom. The third-order valence-corrected chi connectivity index (χ3v) is 5.31. The third-order valence-electron chi connectivity index (χ3n) is 5.31. The van der Waals surface area contributed by atoms with Crippen LogP contribution in [0.4, 0.5) is 4.79 Å². The molecule has 2 saturated heterocycles. The van der Waals surface area contributed by atoms with Gasteiger partial charge in [0, 0.05) is 45.0 Å². The molecule has 3 rings (SSSR count). The van der Waals surface area contributed by atoms with Crippen molar-refractivity contribution in [1.29, 1.82) is 0 Å². The van der Waals surface area contributed by atoms with E-state index >= 15 is 0 Å². The van der Waals surface area contributed by atoms with Crippen molar-refractivity contribution >= 4 is 11.9 Å². The van der Waals surface area contributed by atoms with Crippen LogP contribution in [-0.4, -0.2) is 77.5 Å². The Balaban J connectivity index is 1.41. The van der Waals surface area contributed by atoms with E-state index in [-0.39, 0.29) is 17.9 Å². The van der Waals surface area contributed by atoms with Crippen LogP contribution in [0.25, 0.3) is 0 Å². The van der Waals surface area contributed by atoms with Crippen LogP contribution in [0.15, 0.2) is 6.07 Å². The molecule has 0 aromatic carbocycles. The molecule has 2 aliphatic heterocycles. The number of nitrogens with one attached hydrogen (secondary N) is 1. The second-order valence-electron chi connectivity index (χ2n) is 7.46. The smallest absolute Gasteiger partial charge is 0.317 e. The highest BCUT2D eigenvalue weighted by Gasteiger charge is 2.31. The lowest BCUT2D eigenvalue weighted by molar-refractivity contribution is -0.141. The molecule has 0 radical (unpaired) electrons. The molecular formula is C19H31N5O3. The van der Waals surface area contributed by atoms with Gasteiger partial charge in [0.05, 0.1) is 24.8 Å². The van der Waals surface area contributed by atoms with Gasteiger partial charge in [-0.15, -0.1) is 0 Å². The van der Waals surface area contributed by atoms with E-state index in [0.717, 1.165) is 43.7 Å². The van der Waals surface area contributed by atoms with E-state index in [9.17, 15) is 9.59 Å². The molecule has 0 unspecified atom stereocenters. The minimum Gasteiger partial charge on any atom is -0.378 e. The van der Waals surface area contributed by atoms with Gasteiger partial charge in [-0.3, -0.25) is 9.48 Å². The first-order chi connectivity index (χ1) is 13.0. The molecule has 0 aliphatic carbocycles. The highest BCUT2D eigenvalue weighted by atomic mass is 16.5. The molecule has 150 valence electrons. The molecule has 2 aliphatic rings. The number of aromatic nitrogens is 2. The van der Waals surface area contributed by atoms with Crippen LogP contribution >= 0.6 is 0 Å². The summed E-state index contributed by atoms with van der Waals surface area (Å²) in [4.78, 5) is 28.8. The predicted molar refractivity (Wildman–Crippen MR) is 101 cm³/mol. The molecule has 1 aromatic heterocycles. The van der Waals surface area contributed by atoms with Crippen LogP contribution in [-0.2, 0) is 16.1 Å². The standard InChI is InChI=1S/C19H31N5O3/c1-15-13-16(2)24(21-15)8-4-6-20-19(26)23-7-3-5-17(14-23)18(25)22-9-11-27-12-10-22/h13,17H,3-12,14H2,1-2H3,(H,20,26)/t17-/m1/s1. The Bertz CT molecular complexity index is 654. The third kappa shape index (κ3) is 5.22. The summed E-state index contributed by atoms with van der Waals surface area (Å²) in [6, 6.07) is 1.99. The van der Waals surface area contributed by atoms with Crippen LogP contribution in [0.1, 0.15) is 30.7 Å². The van der Waals surface area contributed by atoms with Gasteiger partial charge in [-0.25, -0.2) is 4.79 Å². The minimum absolute atomic E-state index is 0.0668. The summed E-state index contributed by atoms with van der Waals surface area (Å²) in [7, 11) is 0. The monoisotopic (exact) mass is 377 g/mol. The van der Waals surface area contributed by atoms with Gasteiger partial charge in [0.25, 0.3) is 0 Å². The van der Waals surface area contributed by atoms with Crippen molar-refractivity contribution < 1.29 is 14.3 Å². The van der Waals surface area contributed by atoms with E-state index in [4.69, 9.17) is 4.74 Å². The van der Waals surface area contributed by atoms with Crippen LogP contribution in [0.2, 0.25) is 0 Å². The summed E-state index contributed by atoms with van der Waals surface area (Å²) < 4.78 is 7.29. The van der Waals surface area contributed by atoms with Crippen LogP contribution in [0.5, 0.6) is 0 Å². The Labute approximate surface area is 160 Å². The zero-order valence-electron chi connectivity index (χ0n) is 16.4. The number of ether oxygens (including phenoxy) is 1. The molecule has 3 amide bonds. The Kier molecular flexibility index (Phi) is 6.71. The fourth-order valence-electron chi connectivity index (χ4n) is 3.84. The van der Waals surface area contributed by atoms with Gasteiger partial charge in [0.15, 0.2) is 0 Å². The largest absolute Gasteiger partial charge is 0.378 e. The average Bonchev–Trinajstić information content (AvgIpc) is 3.02. The highest BCUT2D eigenvalue weighted by molar-refractivity contribution is 5.81. The Hall–Kier alpha value is -2.09. The first-order valence-electron chi connectivity index (χ1n) is 9.95. The van der Waals surface area contributed by atoms with Crippen LogP contribution in [0.3, 0.4) is 0 Å². The van der Waals surface area contributed by atoms with Crippen LogP contribution < -0.4 is 5.32 Å². The van der Waals surface area contributed by atoms with E-state index in [1.807, 2.05) is 23.4 Å². The molecule has 1 N–H and O–H groups in total. The molecule has 0 bridgehead atoms. The number of nitrogens with zero attached hydrogens (tertiary/aromatic N) is 4. The molecule has 2 fully saturated rings. The van der Waals surface area contributed by atoms with Gasteiger partial charge in [-0.05, 0) is 39.2 Å². The topological polar surface area (TPSA) is 79.7 Å². The number of rotatable bonds is 5. The Morgan fingerprint density at radius 3 is 2.70 bits per heavy atom. The SMILES string of the molecule is Cc1cc(C)n(CCCNC(=O)N2CCC[C@@H](C(=O)N3CCOCC3)C2)n1. The van der Waals surface area contributed by atoms with Gasteiger partial charge in [-0.2, -0.15) is 5.10 Å². The molecule has 8 heteroatoms. The lowest BCUT2D eigenvalue weighted by Crippen LogP contribution is -2.51. The molecule has 0 spiro atoms. The summed E-state index contributed by atoms with van der Waals surface area (Å²) in [6.07, 6.45) is 2.56. The molecule has 1 atom stereocenters. The van der Waals surface area contributed by atoms with Crippen molar-refractivity contribution in [3.8, 4) is 0 Å². The predicted octanol–water partition coefficient (Wildman–Crippen LogP) is 1.17. The van der Waals surface area contributed by atoms with Crippen molar-refractivity contribution in [3.05, 3.63) is 17.5 Å². The molecule has 8 nitrogen and oxygen atoms in total. The second kappa shape index (κ2) is 9.21. The van der Waals surface area contributed by atoms with E-state index in [2.05, 4.69) is 16.5 Å². The van der Waals surface area contributed by atoms with Gasteiger partial charge < -0.3 is 19.9 Å². The maximum Gasteiger partial charge on any atom is 0.317 e. The van der Waals surface area contributed by atoms with Crippen molar-refractivity contribution in [2.75, 3.05) is 45.9 Å². The maximum absolute atomic E-state index is 12.7. The van der Waals surface area contributed by atoms with Crippen molar-refractivity contribution in [3.63, 3.8) is 0 Å². The number of amides is 3. The molecule has 1 aromatic rings. The summed E-state index contributed by atoms with van der Waals surface area (Å²) in [5.41, 5.74) is 2.15. The summed E-state index contributed by atoms with van der Waals surface area (Å²) in [5, 5.41) is 7.42. The van der Waals surface area contributed by atoms with E-state index < -0.39 is 0 Å². The average molecular weight is 377 g/mol. The lowest BCUT2D eigenvalue weighted by atomic mass is 9.96. The lowest BCUT2D eigenvalue weighted by Gasteiger charge is -2.36. The zero-order chi connectivity index (χ0) is 19.2. The Morgan fingerprint density at radius 1 is 1.22 bits per heavy atom. The van der Waals surface area contributed by atoms with Gasteiger partial charge in [0.1, 0.15) is 0 Å². The fraction of sp³-hybridized carbons (Fsp3) is 0.737. The number of carbonyl (C=O) groups is 2. The summed E-state index contributed by atoms with van der Waals surface area (Å²) >= 11 is 0. The van der Waals surface area contributed by atoms with Crippen molar-refractivity contribution in [1.82, 2.24) is 24.9 Å². The number of aryl methyl sites for hydroxylation is 3. The van der Waals surface area contributed by atoms with Gasteiger partial charge in [0.2, 0.25) is 5.91 Å². The van der Waals surface area contributed by atoms with E-state index in [1.165, 1.54) is 0 Å². The van der Waals surface area contributed by atoms with Gasteiger partial charge >= 0.3 is 6.03 Å². The fourth-order valence-corrected chi connectivity index (χ4v) is 3.84. The molecular weight excluding hydrogens is 346 g/mol. The van der Waals surface area contributed by atoms with E-state index in [1.54, 1.807) is 4.90 Å². The number of morpholine rings is 1. The van der Waals surface area contributed by atoms with Gasteiger partial charge in [-0.1, -0.05) is 0 Å². The van der Waals surface area contributed by atoms with Crippen molar-refractivity contribution in [2.24, 2.45) is 5.92 Å². The normalized spacial score (nSPS) is 20.6. The van der Waals surface area contributed by atoms with Crippen LogP contribution in [0, 0.1) is 19.8 Å². The highest BCUT2D eigenvalue weighted by Crippen LogP contribution is 2.19. The van der Waals surface area contributed by atoms with Crippen molar-refractivity contribution in [2.45, 2.75) is 39.7 Å². The summed E-state index contributed by atoms with van der Waals surface area (Å²) in [6.45, 7) is 9.19. The number of piperidine rings is 1. The number of carbonyl (C=O) groups excluding carboxylic acids is 2. The number of hydrogen-bond acceptors (Lipinski definition) is 4. The molecule has 0 saturated carbocycles. The quantitative estimate of drug-likeness (QED) is 0.781. The first kappa shape index (κ1) is 19.7. The van der Waals surface area contributed by atoms with E-state index in [0.29, 0.717) is 39.4 Å². The summed E-state index contributed by atoms with van der Waals surface area (Å²) in [5.74, 6) is 0.0811. The second-order valence-corrected chi connectivity index (χ2v) is 7.46. The minimum atomic E-state index is -0.0858. The molecule has 27 heavy (non-hydrogen) atoms. The number of likely N-dealkylation sites (tertiary alicyclic amines) is 1. The number of hydrogen-bond donors (Lipinski definition) is 1. The maximum atomic E-state index is 12.7. The zero-order valence-corrected chi connectivity index (χ0v) is 16.4. The molecule has 3 heterocycles.